The molecule has 0 saturated heterocycles. The van der Waals surface area contributed by atoms with Gasteiger partial charge in [-0.2, -0.15) is 0 Å². The second kappa shape index (κ2) is 14.0. The van der Waals surface area contributed by atoms with E-state index in [9.17, 15) is 4.79 Å². The summed E-state index contributed by atoms with van der Waals surface area (Å²) in [6.07, 6.45) is -0.0205. The van der Waals surface area contributed by atoms with Crippen LogP contribution in [0.4, 0.5) is 0 Å². The van der Waals surface area contributed by atoms with Gasteiger partial charge >= 0.3 is 5.97 Å². The Balaban J connectivity index is 1.95. The number of hydrogen-bond donors (Lipinski definition) is 0. The number of benzene rings is 3. The van der Waals surface area contributed by atoms with Gasteiger partial charge in [0.15, 0.2) is 0 Å². The third kappa shape index (κ3) is 7.58. The highest BCUT2D eigenvalue weighted by molar-refractivity contribution is 6.99. The first-order valence-electron chi connectivity index (χ1n) is 12.9. The second-order valence-corrected chi connectivity index (χ2v) is 14.2. The Morgan fingerprint density at radius 2 is 1.47 bits per heavy atom. The van der Waals surface area contributed by atoms with Crippen LogP contribution in [0.5, 0.6) is 5.75 Å². The molecule has 38 heavy (non-hydrogen) atoms. The molecule has 6 heteroatoms. The summed E-state index contributed by atoms with van der Waals surface area (Å²) in [5, 5.41) is 2.16. The van der Waals surface area contributed by atoms with E-state index in [4.69, 9.17) is 18.6 Å². The normalized spacial score (nSPS) is 12.2. The summed E-state index contributed by atoms with van der Waals surface area (Å²) < 4.78 is 23.6. The Morgan fingerprint density at radius 3 is 1.97 bits per heavy atom. The van der Waals surface area contributed by atoms with Gasteiger partial charge in [0.25, 0.3) is 8.32 Å². The minimum absolute atomic E-state index is 0.196. The van der Waals surface area contributed by atoms with Crippen molar-refractivity contribution in [3.63, 3.8) is 0 Å². The van der Waals surface area contributed by atoms with Gasteiger partial charge in [0.1, 0.15) is 5.75 Å². The van der Waals surface area contributed by atoms with Crippen LogP contribution in [0.25, 0.3) is 0 Å². The van der Waals surface area contributed by atoms with Crippen molar-refractivity contribution in [3.8, 4) is 17.6 Å². The monoisotopic (exact) mass is 530 g/mol. The molecule has 0 heterocycles. The van der Waals surface area contributed by atoms with Crippen LogP contribution in [0.3, 0.4) is 0 Å². The average Bonchev–Trinajstić information content (AvgIpc) is 2.92. The summed E-state index contributed by atoms with van der Waals surface area (Å²) in [6, 6.07) is 28.7. The zero-order valence-electron chi connectivity index (χ0n) is 23.0. The van der Waals surface area contributed by atoms with E-state index in [1.807, 2.05) is 36.4 Å². The molecule has 3 aromatic carbocycles. The molecule has 0 N–H and O–H groups in total. The summed E-state index contributed by atoms with van der Waals surface area (Å²) in [6.45, 7) is 9.52. The van der Waals surface area contributed by atoms with Crippen LogP contribution in [-0.2, 0) is 25.3 Å². The Labute approximate surface area is 228 Å². The van der Waals surface area contributed by atoms with Gasteiger partial charge in [0.05, 0.1) is 33.0 Å². The number of methoxy groups -OCH3 is 1. The van der Waals surface area contributed by atoms with Crippen LogP contribution < -0.4 is 15.1 Å². The molecule has 3 rings (SSSR count). The zero-order chi connectivity index (χ0) is 27.4. The van der Waals surface area contributed by atoms with E-state index in [0.717, 1.165) is 11.3 Å². The molecule has 0 aliphatic carbocycles. The second-order valence-electron chi connectivity index (χ2n) is 9.99. The molecule has 0 fully saturated rings. The van der Waals surface area contributed by atoms with Crippen LogP contribution in [0, 0.1) is 11.8 Å². The average molecular weight is 531 g/mol. The topological polar surface area (TPSA) is 54.0 Å². The highest BCUT2D eigenvalue weighted by atomic mass is 28.4. The van der Waals surface area contributed by atoms with Crippen LogP contribution in [0.2, 0.25) is 5.04 Å². The van der Waals surface area contributed by atoms with E-state index in [1.165, 1.54) is 10.4 Å². The third-order valence-corrected chi connectivity index (χ3v) is 11.4. The molecule has 0 aliphatic heterocycles. The molecular weight excluding hydrogens is 492 g/mol. The van der Waals surface area contributed by atoms with Gasteiger partial charge in [0.2, 0.25) is 0 Å². The molecule has 3 aromatic rings. The van der Waals surface area contributed by atoms with Crippen molar-refractivity contribution >= 4 is 24.7 Å². The van der Waals surface area contributed by atoms with Crippen molar-refractivity contribution in [3.05, 3.63) is 90.5 Å². The summed E-state index contributed by atoms with van der Waals surface area (Å²) in [5.41, 5.74) is 1.03. The van der Waals surface area contributed by atoms with E-state index in [1.54, 1.807) is 14.0 Å². The van der Waals surface area contributed by atoms with Crippen molar-refractivity contribution in [2.45, 2.75) is 51.9 Å². The number of hydrogen-bond acceptors (Lipinski definition) is 5. The highest BCUT2D eigenvalue weighted by Gasteiger charge is 2.51. The van der Waals surface area contributed by atoms with E-state index in [2.05, 4.69) is 81.1 Å². The van der Waals surface area contributed by atoms with Gasteiger partial charge in [-0.25, -0.2) is 4.79 Å². The molecule has 0 amide bonds. The van der Waals surface area contributed by atoms with Crippen molar-refractivity contribution in [2.75, 3.05) is 20.3 Å². The van der Waals surface area contributed by atoms with Gasteiger partial charge in [-0.15, -0.1) is 0 Å². The van der Waals surface area contributed by atoms with Gasteiger partial charge in [0, 0.05) is 12.3 Å². The maximum atomic E-state index is 11.9. The lowest BCUT2D eigenvalue weighted by Crippen LogP contribution is -2.68. The molecular formula is C32H38O5Si. The highest BCUT2D eigenvalue weighted by Crippen LogP contribution is 2.37. The lowest BCUT2D eigenvalue weighted by molar-refractivity contribution is -0.136. The molecule has 5 nitrogen and oxygen atoms in total. The van der Waals surface area contributed by atoms with Gasteiger partial charge in [-0.1, -0.05) is 99.5 Å². The maximum absolute atomic E-state index is 11.9. The molecule has 0 radical (unpaired) electrons. The van der Waals surface area contributed by atoms with Crippen LogP contribution >= 0.6 is 0 Å². The molecule has 0 unspecified atom stereocenters. The summed E-state index contributed by atoms with van der Waals surface area (Å²) >= 11 is 0. The van der Waals surface area contributed by atoms with Gasteiger partial charge < -0.3 is 18.6 Å². The molecule has 0 spiro atoms. The van der Waals surface area contributed by atoms with Crippen molar-refractivity contribution in [1.82, 2.24) is 0 Å². The summed E-state index contributed by atoms with van der Waals surface area (Å²) in [7, 11) is -1.18. The summed E-state index contributed by atoms with van der Waals surface area (Å²) in [5.74, 6) is 5.85. The Bertz CT molecular complexity index is 1150. The van der Waals surface area contributed by atoms with Crippen LogP contribution in [0.15, 0.2) is 84.9 Å². The third-order valence-electron chi connectivity index (χ3n) is 6.29. The molecule has 0 aromatic heterocycles. The lowest BCUT2D eigenvalue weighted by atomic mass is 10.2. The Morgan fingerprint density at radius 1 is 0.895 bits per heavy atom. The molecule has 1 atom stereocenters. The maximum Gasteiger partial charge on any atom is 0.384 e. The SMILES string of the molecule is CCOC(=O)C#CC[C@@H](COCc1ccc(OC)cc1)O[Si](c1ccccc1)(c1ccccc1)C(C)(C)C. The quantitative estimate of drug-likeness (QED) is 0.149. The van der Waals surface area contributed by atoms with E-state index < -0.39 is 14.3 Å². The number of rotatable bonds is 11. The Kier molecular flexibility index (Phi) is 10.7. The number of carbonyl (C=O) groups is 1. The predicted octanol–water partition coefficient (Wildman–Crippen LogP) is 5.11. The minimum Gasteiger partial charge on any atom is -0.497 e. The largest absolute Gasteiger partial charge is 0.497 e. The van der Waals surface area contributed by atoms with Crippen molar-refractivity contribution in [2.24, 2.45) is 0 Å². The molecule has 0 bridgehead atoms. The minimum atomic E-state index is -2.83. The predicted molar refractivity (Wildman–Crippen MR) is 154 cm³/mol. The summed E-state index contributed by atoms with van der Waals surface area (Å²) in [4.78, 5) is 11.9. The Hall–Kier alpha value is -3.37. The van der Waals surface area contributed by atoms with Crippen molar-refractivity contribution in [1.29, 1.82) is 0 Å². The standard InChI is InChI=1S/C32H38O5Si/c1-6-36-31(33)19-13-14-28(25-35-24-26-20-22-27(34-5)23-21-26)37-38(32(2,3)4,29-15-9-7-10-16-29)30-17-11-8-12-18-30/h7-12,15-18,20-23,28H,6,14,24-25H2,1-5H3/t28-/m0/s1. The zero-order valence-corrected chi connectivity index (χ0v) is 24.0. The van der Waals surface area contributed by atoms with Crippen LogP contribution in [-0.4, -0.2) is 40.7 Å². The fourth-order valence-electron chi connectivity index (χ4n) is 4.51. The molecule has 0 saturated carbocycles. The number of esters is 1. The molecule has 200 valence electrons. The van der Waals surface area contributed by atoms with E-state index in [-0.39, 0.29) is 11.1 Å². The fourth-order valence-corrected chi connectivity index (χ4v) is 9.18. The number of carbonyl (C=O) groups excluding carboxylic acids is 1. The first-order valence-corrected chi connectivity index (χ1v) is 14.9. The molecule has 0 aliphatic rings. The van der Waals surface area contributed by atoms with Crippen LogP contribution in [0.1, 0.15) is 39.7 Å². The smallest absolute Gasteiger partial charge is 0.384 e. The van der Waals surface area contributed by atoms with Crippen molar-refractivity contribution < 1.29 is 23.4 Å². The van der Waals surface area contributed by atoms with Gasteiger partial charge in [-0.3, -0.25) is 0 Å². The van der Waals surface area contributed by atoms with E-state index in [0.29, 0.717) is 26.2 Å². The fraction of sp³-hybridized carbons (Fsp3) is 0.344. The number of ether oxygens (including phenoxy) is 3. The lowest BCUT2D eigenvalue weighted by Gasteiger charge is -2.45. The first-order chi connectivity index (χ1) is 18.3. The van der Waals surface area contributed by atoms with E-state index >= 15 is 0 Å². The van der Waals surface area contributed by atoms with Gasteiger partial charge in [-0.05, 0) is 40.0 Å². The first kappa shape index (κ1) is 29.2.